The van der Waals surface area contributed by atoms with Gasteiger partial charge < -0.3 is 20.7 Å². The molecule has 1 aliphatic rings. The van der Waals surface area contributed by atoms with Gasteiger partial charge in [0.1, 0.15) is 12.2 Å². The Morgan fingerprint density at radius 1 is 1.19 bits per heavy atom. The highest BCUT2D eigenvalue weighted by Gasteiger charge is 2.44. The number of carbonyl (C=O) groups excluding carboxylic acids is 1. The van der Waals surface area contributed by atoms with E-state index in [0.29, 0.717) is 17.0 Å². The fourth-order valence-electron chi connectivity index (χ4n) is 4.27. The molecular weight excluding hydrogens is 476 g/mol. The van der Waals surface area contributed by atoms with Gasteiger partial charge in [-0.25, -0.2) is 15.4 Å². The topological polar surface area (TPSA) is 158 Å². The van der Waals surface area contributed by atoms with Gasteiger partial charge in [-0.05, 0) is 42.9 Å². The number of unbranched alkanes of at least 4 members (excludes halogenated alkanes) is 2. The molecule has 1 aromatic carbocycles. The minimum atomic E-state index is -1.27. The highest BCUT2D eigenvalue weighted by atomic mass is 16.6. The third kappa shape index (κ3) is 6.23. The third-order valence-electron chi connectivity index (χ3n) is 6.25. The van der Waals surface area contributed by atoms with E-state index in [9.17, 15) is 15.0 Å². The number of primary amides is 1. The molecule has 0 bridgehead atoms. The number of aliphatic hydroxyl groups is 2. The number of amides is 1. The number of aryl methyl sites for hydroxylation is 1. The van der Waals surface area contributed by atoms with Crippen molar-refractivity contribution >= 4 is 22.9 Å². The Balaban J connectivity index is 1.61. The summed E-state index contributed by atoms with van der Waals surface area (Å²) in [5.74, 6) is 6.05. The highest BCUT2D eigenvalue weighted by molar-refractivity contribution is 5.83. The maximum absolute atomic E-state index is 11.2. The second-order valence-corrected chi connectivity index (χ2v) is 8.98. The lowest BCUT2D eigenvalue weighted by Crippen LogP contribution is -2.32. The molecule has 1 fully saturated rings. The van der Waals surface area contributed by atoms with Gasteiger partial charge in [0.05, 0.1) is 19.5 Å². The van der Waals surface area contributed by atoms with Crippen LogP contribution in [0.4, 0.5) is 5.82 Å². The van der Waals surface area contributed by atoms with Crippen molar-refractivity contribution in [2.75, 3.05) is 12.6 Å². The van der Waals surface area contributed by atoms with Crippen LogP contribution in [0.3, 0.4) is 0 Å². The molecule has 11 heteroatoms. The van der Waals surface area contributed by atoms with E-state index < -0.39 is 30.4 Å². The van der Waals surface area contributed by atoms with Gasteiger partial charge in [-0.2, -0.15) is 4.98 Å². The largest absolute Gasteiger partial charge is 0.388 e. The van der Waals surface area contributed by atoms with Gasteiger partial charge in [-0.15, -0.1) is 0 Å². The molecule has 11 nitrogen and oxygen atoms in total. The summed E-state index contributed by atoms with van der Waals surface area (Å²) in [5.41, 5.74) is 10.7. The predicted octanol–water partition coefficient (Wildman–Crippen LogP) is 1.82. The molecular formula is C26H32N6O5. The van der Waals surface area contributed by atoms with E-state index in [1.807, 2.05) is 12.1 Å². The number of ether oxygens (including phenoxy) is 1. The van der Waals surface area contributed by atoms with E-state index in [1.54, 1.807) is 0 Å². The van der Waals surface area contributed by atoms with Crippen LogP contribution < -0.4 is 11.2 Å². The Morgan fingerprint density at radius 3 is 2.68 bits per heavy atom. The van der Waals surface area contributed by atoms with E-state index in [1.165, 1.54) is 42.8 Å². The molecule has 5 N–H and O–H groups in total. The number of nitrogens with zero attached hydrogens (tertiary/aromatic N) is 4. The van der Waals surface area contributed by atoms with Crippen molar-refractivity contribution in [2.24, 2.45) is 5.73 Å². The number of anilines is 1. The Hall–Kier alpha value is -3.56. The number of aromatic nitrogens is 4. The van der Waals surface area contributed by atoms with Gasteiger partial charge in [0.2, 0.25) is 11.7 Å². The normalized spacial score (nSPS) is 21.1. The van der Waals surface area contributed by atoms with Crippen LogP contribution in [0, 0.1) is 11.8 Å². The number of nitrogens with one attached hydrogen (secondary N) is 1. The number of fused-ring (bicyclic) bond motifs is 1. The van der Waals surface area contributed by atoms with Crippen molar-refractivity contribution in [1.29, 1.82) is 0 Å². The maximum Gasteiger partial charge on any atom is 0.217 e. The average Bonchev–Trinajstić information content (AvgIpc) is 3.43. The Labute approximate surface area is 215 Å². The summed E-state index contributed by atoms with van der Waals surface area (Å²) >= 11 is 0. The van der Waals surface area contributed by atoms with Crippen LogP contribution >= 0.6 is 0 Å². The molecule has 1 saturated heterocycles. The summed E-state index contributed by atoms with van der Waals surface area (Å²) in [7, 11) is 1.45. The second kappa shape index (κ2) is 12.1. The fourth-order valence-corrected chi connectivity index (χ4v) is 4.27. The van der Waals surface area contributed by atoms with E-state index in [2.05, 4.69) is 51.3 Å². The van der Waals surface area contributed by atoms with Crippen molar-refractivity contribution in [3.63, 3.8) is 0 Å². The van der Waals surface area contributed by atoms with Crippen molar-refractivity contribution in [1.82, 2.24) is 19.5 Å². The summed E-state index contributed by atoms with van der Waals surface area (Å²) in [6.07, 6.45) is 2.03. The van der Waals surface area contributed by atoms with E-state index in [0.717, 1.165) is 12.0 Å². The summed E-state index contributed by atoms with van der Waals surface area (Å²) in [5, 5.41) is 21.1. The molecule has 4 rings (SSSR count). The van der Waals surface area contributed by atoms with Crippen LogP contribution in [0.15, 0.2) is 30.6 Å². The maximum atomic E-state index is 11.2. The first-order valence-electron chi connectivity index (χ1n) is 12.4. The number of nitrogens with two attached hydrogens (primary N) is 1. The highest BCUT2D eigenvalue weighted by Crippen LogP contribution is 2.34. The monoisotopic (exact) mass is 508 g/mol. The number of rotatable bonds is 10. The Bertz CT molecular complexity index is 1280. The lowest BCUT2D eigenvalue weighted by molar-refractivity contribution is -0.119. The second-order valence-electron chi connectivity index (χ2n) is 8.98. The molecule has 196 valence electrons. The van der Waals surface area contributed by atoms with E-state index in [4.69, 9.17) is 15.3 Å². The third-order valence-corrected chi connectivity index (χ3v) is 6.25. The van der Waals surface area contributed by atoms with Crippen molar-refractivity contribution in [3.8, 4) is 11.8 Å². The first-order valence-corrected chi connectivity index (χ1v) is 12.4. The van der Waals surface area contributed by atoms with Gasteiger partial charge in [-0.1, -0.05) is 37.8 Å². The zero-order chi connectivity index (χ0) is 26.4. The smallest absolute Gasteiger partial charge is 0.217 e. The van der Waals surface area contributed by atoms with E-state index >= 15 is 0 Å². The van der Waals surface area contributed by atoms with Gasteiger partial charge in [0.15, 0.2) is 23.2 Å². The molecule has 3 heterocycles. The molecule has 3 aromatic rings. The summed E-state index contributed by atoms with van der Waals surface area (Å²) in [4.78, 5) is 29.5. The number of benzene rings is 1. The van der Waals surface area contributed by atoms with Crippen LogP contribution in [0.25, 0.3) is 11.2 Å². The van der Waals surface area contributed by atoms with Gasteiger partial charge in [-0.3, -0.25) is 14.2 Å². The Morgan fingerprint density at radius 2 is 1.97 bits per heavy atom. The molecule has 0 spiro atoms. The van der Waals surface area contributed by atoms with Gasteiger partial charge in [0, 0.05) is 12.0 Å². The van der Waals surface area contributed by atoms with Crippen molar-refractivity contribution in [2.45, 2.75) is 70.0 Å². The molecule has 0 unspecified atom stereocenters. The molecule has 0 saturated carbocycles. The first-order chi connectivity index (χ1) is 17.9. The Kier molecular flexibility index (Phi) is 8.68. The number of imidazole rings is 1. The first kappa shape index (κ1) is 26.5. The quantitative estimate of drug-likeness (QED) is 0.182. The lowest BCUT2D eigenvalue weighted by atomic mass is 10.1. The molecule has 0 radical (unpaired) electrons. The molecule has 1 amide bonds. The summed E-state index contributed by atoms with van der Waals surface area (Å²) in [6.45, 7) is 2.19. The summed E-state index contributed by atoms with van der Waals surface area (Å²) < 4.78 is 7.38. The molecule has 2 aromatic heterocycles. The van der Waals surface area contributed by atoms with Crippen molar-refractivity contribution < 1.29 is 24.6 Å². The number of hydrogen-bond acceptors (Lipinski definition) is 9. The number of carbonyl (C=O) groups is 1. The van der Waals surface area contributed by atoms with Crippen LogP contribution in [0.2, 0.25) is 0 Å². The standard InChI is InChI=1S/C26H32N6O5/c1-3-4-5-6-16-7-9-17(10-8-16)11-14-20-29-24(31-36-2)21-25(30-20)32(15-28-21)26-23(35)22(34)18(37-26)12-13-19(27)33/h7-10,15,18,22-23,26,34-35H,3-6,12-13H2,1-2H3,(H2,27,33)(H,29,30,31)/t18-,22-,23+,26+/m0/s1. The minimum absolute atomic E-state index is 0.0232. The molecule has 1 aliphatic heterocycles. The number of aliphatic hydroxyl groups excluding tert-OH is 2. The molecule has 37 heavy (non-hydrogen) atoms. The molecule has 0 aliphatic carbocycles. The lowest BCUT2D eigenvalue weighted by Gasteiger charge is -2.16. The van der Waals surface area contributed by atoms with Crippen LogP contribution in [-0.4, -0.2) is 61.1 Å². The average molecular weight is 509 g/mol. The predicted molar refractivity (Wildman–Crippen MR) is 136 cm³/mol. The molecule has 4 atom stereocenters. The van der Waals surface area contributed by atoms with Gasteiger partial charge >= 0.3 is 0 Å². The SMILES string of the molecule is CCCCCc1ccc(C#Cc2nc(NOC)c3ncn([C@@H]4O[C@@H](CCC(N)=O)[C@H](O)[C@H]4O)c3n2)cc1. The van der Waals surface area contributed by atoms with Gasteiger partial charge in [0.25, 0.3) is 0 Å². The zero-order valence-electron chi connectivity index (χ0n) is 20.9. The van der Waals surface area contributed by atoms with Crippen molar-refractivity contribution in [3.05, 3.63) is 47.5 Å². The summed E-state index contributed by atoms with van der Waals surface area (Å²) in [6, 6.07) is 8.11. The fraction of sp³-hybridized carbons (Fsp3) is 0.462. The zero-order valence-corrected chi connectivity index (χ0v) is 20.9. The van der Waals surface area contributed by atoms with Crippen LogP contribution in [-0.2, 0) is 20.8 Å². The number of hydrogen-bond donors (Lipinski definition) is 4. The van der Waals surface area contributed by atoms with Crippen LogP contribution in [0.5, 0.6) is 0 Å². The van der Waals surface area contributed by atoms with Crippen LogP contribution in [0.1, 0.15) is 62.2 Å². The minimum Gasteiger partial charge on any atom is -0.388 e. The van der Waals surface area contributed by atoms with E-state index in [-0.39, 0.29) is 18.7 Å².